The van der Waals surface area contributed by atoms with Crippen molar-refractivity contribution in [1.29, 1.82) is 0 Å². The van der Waals surface area contributed by atoms with Crippen molar-refractivity contribution in [3.05, 3.63) is 69.8 Å². The molecule has 134 valence electrons. The summed E-state index contributed by atoms with van der Waals surface area (Å²) >= 11 is 1.57. The third-order valence-electron chi connectivity index (χ3n) is 3.90. The fourth-order valence-electron chi connectivity index (χ4n) is 2.56. The topological polar surface area (TPSA) is 76.0 Å². The van der Waals surface area contributed by atoms with Crippen molar-refractivity contribution in [1.82, 2.24) is 15.1 Å². The second-order valence-corrected chi connectivity index (χ2v) is 6.60. The van der Waals surface area contributed by atoms with Gasteiger partial charge in [-0.05, 0) is 35.6 Å². The highest BCUT2D eigenvalue weighted by atomic mass is 32.1. The van der Waals surface area contributed by atoms with Crippen LogP contribution in [-0.2, 0) is 13.0 Å². The van der Waals surface area contributed by atoms with Crippen LogP contribution in [0.4, 0.5) is 10.5 Å². The molecule has 7 heteroatoms. The van der Waals surface area contributed by atoms with Crippen LogP contribution in [0.15, 0.2) is 58.7 Å². The van der Waals surface area contributed by atoms with Crippen LogP contribution < -0.4 is 16.2 Å². The molecular weight excluding hydrogens is 348 g/mol. The third-order valence-corrected chi connectivity index (χ3v) is 4.79. The van der Waals surface area contributed by atoms with Gasteiger partial charge in [0.2, 0.25) is 0 Å². The molecule has 3 aromatic rings. The van der Waals surface area contributed by atoms with E-state index in [9.17, 15) is 9.59 Å². The number of carbonyl (C=O) groups excluding carboxylic acids is 1. The monoisotopic (exact) mass is 368 g/mol. The van der Waals surface area contributed by atoms with E-state index in [0.717, 1.165) is 28.2 Å². The van der Waals surface area contributed by atoms with E-state index in [1.807, 2.05) is 48.7 Å². The van der Waals surface area contributed by atoms with Crippen molar-refractivity contribution >= 4 is 23.1 Å². The molecule has 0 saturated heterocycles. The Morgan fingerprint density at radius 2 is 2.00 bits per heavy atom. The number of rotatable bonds is 6. The summed E-state index contributed by atoms with van der Waals surface area (Å²) in [4.78, 5) is 25.0. The number of nitrogens with one attached hydrogen (secondary N) is 2. The van der Waals surface area contributed by atoms with Gasteiger partial charge in [0.1, 0.15) is 5.69 Å². The first kappa shape index (κ1) is 17.9. The molecule has 3 rings (SSSR count). The Morgan fingerprint density at radius 3 is 2.77 bits per heavy atom. The van der Waals surface area contributed by atoms with Crippen molar-refractivity contribution in [2.45, 2.75) is 19.9 Å². The lowest BCUT2D eigenvalue weighted by Gasteiger charge is -2.11. The normalized spacial score (nSPS) is 10.5. The summed E-state index contributed by atoms with van der Waals surface area (Å²) in [6.07, 6.45) is 0.839. The van der Waals surface area contributed by atoms with Gasteiger partial charge in [-0.25, -0.2) is 9.48 Å². The summed E-state index contributed by atoms with van der Waals surface area (Å²) in [5.74, 6) is 0. The Hall–Kier alpha value is -2.93. The van der Waals surface area contributed by atoms with Gasteiger partial charge in [-0.15, -0.1) is 11.3 Å². The van der Waals surface area contributed by atoms with E-state index in [1.165, 1.54) is 10.7 Å². The lowest BCUT2D eigenvalue weighted by atomic mass is 10.1. The van der Waals surface area contributed by atoms with Crippen molar-refractivity contribution in [3.63, 3.8) is 0 Å². The van der Waals surface area contributed by atoms with Gasteiger partial charge in [0.15, 0.2) is 0 Å². The zero-order chi connectivity index (χ0) is 18.4. The SMILES string of the molecule is CCc1ccccc1NC(=O)NCCn1nc(-c2cccs2)ccc1=O. The standard InChI is InChI=1S/C19H20N4O2S/c1-2-14-6-3-4-7-15(14)21-19(25)20-11-12-23-18(24)10-9-16(22-23)17-8-5-13-26-17/h3-10,13H,2,11-12H2,1H3,(H2,20,21,25). The summed E-state index contributed by atoms with van der Waals surface area (Å²) < 4.78 is 1.37. The van der Waals surface area contributed by atoms with Crippen molar-refractivity contribution in [2.75, 3.05) is 11.9 Å². The second-order valence-electron chi connectivity index (χ2n) is 5.65. The Morgan fingerprint density at radius 1 is 1.15 bits per heavy atom. The van der Waals surface area contributed by atoms with Crippen LogP contribution >= 0.6 is 11.3 Å². The number of hydrogen-bond donors (Lipinski definition) is 2. The molecule has 0 aliphatic carbocycles. The number of aromatic nitrogens is 2. The molecule has 0 fully saturated rings. The molecule has 1 aromatic carbocycles. The van der Waals surface area contributed by atoms with Gasteiger partial charge in [0.25, 0.3) is 5.56 Å². The molecular formula is C19H20N4O2S. The Bertz CT molecular complexity index is 935. The number of thiophene rings is 1. The quantitative estimate of drug-likeness (QED) is 0.700. The molecule has 2 heterocycles. The van der Waals surface area contributed by atoms with E-state index in [0.29, 0.717) is 13.1 Å². The average Bonchev–Trinajstić information content (AvgIpc) is 3.18. The Balaban J connectivity index is 1.58. The van der Waals surface area contributed by atoms with Crippen LogP contribution in [0.1, 0.15) is 12.5 Å². The minimum absolute atomic E-state index is 0.191. The summed E-state index contributed by atoms with van der Waals surface area (Å²) in [6.45, 7) is 2.65. The maximum atomic E-state index is 12.1. The third kappa shape index (κ3) is 4.37. The van der Waals surface area contributed by atoms with Gasteiger partial charge < -0.3 is 10.6 Å². The molecule has 0 saturated carbocycles. The number of nitrogens with zero attached hydrogens (tertiary/aromatic N) is 2. The summed E-state index contributed by atoms with van der Waals surface area (Å²) in [5.41, 5.74) is 2.43. The number of amides is 2. The number of anilines is 1. The van der Waals surface area contributed by atoms with Gasteiger partial charge in [0.05, 0.1) is 11.4 Å². The van der Waals surface area contributed by atoms with Crippen LogP contribution in [0.2, 0.25) is 0 Å². The second kappa shape index (κ2) is 8.44. The maximum Gasteiger partial charge on any atom is 0.319 e. The predicted octanol–water partition coefficient (Wildman–Crippen LogP) is 3.36. The Labute approximate surface area is 155 Å². The molecule has 0 spiro atoms. The highest BCUT2D eigenvalue weighted by Gasteiger charge is 2.07. The van der Waals surface area contributed by atoms with Gasteiger partial charge in [-0.2, -0.15) is 5.10 Å². The summed E-state index contributed by atoms with van der Waals surface area (Å²) in [5, 5.41) is 11.9. The molecule has 0 bridgehead atoms. The molecule has 0 radical (unpaired) electrons. The first-order valence-corrected chi connectivity index (χ1v) is 9.30. The average molecular weight is 368 g/mol. The number of urea groups is 1. The molecule has 0 aliphatic heterocycles. The number of para-hydroxylation sites is 1. The highest BCUT2D eigenvalue weighted by Crippen LogP contribution is 2.21. The predicted molar refractivity (Wildman–Crippen MR) is 105 cm³/mol. The van der Waals surface area contributed by atoms with Gasteiger partial charge in [-0.3, -0.25) is 4.79 Å². The van der Waals surface area contributed by atoms with Crippen LogP contribution in [0, 0.1) is 0 Å². The molecule has 2 amide bonds. The van der Waals surface area contributed by atoms with Gasteiger partial charge in [-0.1, -0.05) is 31.2 Å². The molecule has 6 nitrogen and oxygen atoms in total. The molecule has 0 unspecified atom stereocenters. The van der Waals surface area contributed by atoms with Crippen molar-refractivity contribution < 1.29 is 4.79 Å². The van der Waals surface area contributed by atoms with Crippen molar-refractivity contribution in [2.24, 2.45) is 0 Å². The van der Waals surface area contributed by atoms with Crippen molar-refractivity contribution in [3.8, 4) is 10.6 Å². The summed E-state index contributed by atoms with van der Waals surface area (Å²) in [7, 11) is 0. The molecule has 2 aromatic heterocycles. The lowest BCUT2D eigenvalue weighted by Crippen LogP contribution is -2.34. The lowest BCUT2D eigenvalue weighted by molar-refractivity contribution is 0.251. The van der Waals surface area contributed by atoms with E-state index in [-0.39, 0.29) is 11.6 Å². The van der Waals surface area contributed by atoms with Gasteiger partial charge >= 0.3 is 6.03 Å². The van der Waals surface area contributed by atoms with Gasteiger partial charge in [0, 0.05) is 18.3 Å². The van der Waals surface area contributed by atoms with E-state index in [4.69, 9.17) is 0 Å². The molecule has 0 aliphatic rings. The zero-order valence-electron chi connectivity index (χ0n) is 14.4. The number of benzene rings is 1. The minimum Gasteiger partial charge on any atom is -0.336 e. The molecule has 2 N–H and O–H groups in total. The minimum atomic E-state index is -0.298. The first-order valence-electron chi connectivity index (χ1n) is 8.42. The van der Waals surface area contributed by atoms with E-state index in [2.05, 4.69) is 15.7 Å². The smallest absolute Gasteiger partial charge is 0.319 e. The molecule has 0 atom stereocenters. The Kier molecular flexibility index (Phi) is 5.80. The maximum absolute atomic E-state index is 12.1. The fourth-order valence-corrected chi connectivity index (χ4v) is 3.25. The highest BCUT2D eigenvalue weighted by molar-refractivity contribution is 7.13. The fraction of sp³-hybridized carbons (Fsp3) is 0.211. The van der Waals surface area contributed by atoms with Crippen LogP contribution in [0.3, 0.4) is 0 Å². The van der Waals surface area contributed by atoms with E-state index < -0.39 is 0 Å². The number of aryl methyl sites for hydroxylation is 1. The van der Waals surface area contributed by atoms with E-state index in [1.54, 1.807) is 17.4 Å². The number of hydrogen-bond acceptors (Lipinski definition) is 4. The van der Waals surface area contributed by atoms with Crippen LogP contribution in [0.25, 0.3) is 10.6 Å². The zero-order valence-corrected chi connectivity index (χ0v) is 15.3. The largest absolute Gasteiger partial charge is 0.336 e. The van der Waals surface area contributed by atoms with E-state index >= 15 is 0 Å². The molecule has 26 heavy (non-hydrogen) atoms. The number of carbonyl (C=O) groups is 1. The van der Waals surface area contributed by atoms with Crippen LogP contribution in [-0.4, -0.2) is 22.4 Å². The van der Waals surface area contributed by atoms with Crippen LogP contribution in [0.5, 0.6) is 0 Å². The summed E-state index contributed by atoms with van der Waals surface area (Å²) in [6, 6.07) is 14.5. The first-order chi connectivity index (χ1) is 12.7.